The Hall–Kier alpha value is -1.51. The molecule has 3 N–H and O–H groups in total. The van der Waals surface area contributed by atoms with Crippen LogP contribution >= 0.6 is 0 Å². The Morgan fingerprint density at radius 3 is 2.20 bits per heavy atom. The molecular weight excluding hydrogens is 382 g/mol. The van der Waals surface area contributed by atoms with Crippen LogP contribution in [0.25, 0.3) is 0 Å². The van der Waals surface area contributed by atoms with E-state index in [1.54, 1.807) is 7.05 Å². The molecule has 1 heterocycles. The number of carbonyl (C=O) groups is 3. The van der Waals surface area contributed by atoms with Crippen molar-refractivity contribution in [2.45, 2.75) is 71.0 Å². The summed E-state index contributed by atoms with van der Waals surface area (Å²) in [7, 11) is 6.03. The van der Waals surface area contributed by atoms with Crippen LogP contribution in [-0.2, 0) is 14.4 Å². The molecule has 1 aliphatic heterocycles. The first kappa shape index (κ1) is 26.5. The van der Waals surface area contributed by atoms with E-state index in [-0.39, 0.29) is 36.1 Å². The van der Waals surface area contributed by atoms with Crippen LogP contribution < -0.4 is 16.0 Å². The van der Waals surface area contributed by atoms with Gasteiger partial charge in [-0.05, 0) is 85.7 Å². The first-order valence-corrected chi connectivity index (χ1v) is 11.3. The quantitative estimate of drug-likeness (QED) is 0.375. The fourth-order valence-corrected chi connectivity index (χ4v) is 3.98. The van der Waals surface area contributed by atoms with Crippen LogP contribution in [0, 0.1) is 5.92 Å². The van der Waals surface area contributed by atoms with Gasteiger partial charge in [-0.2, -0.15) is 0 Å². The lowest BCUT2D eigenvalue weighted by molar-refractivity contribution is -0.131. The molecule has 1 fully saturated rings. The van der Waals surface area contributed by atoms with Crippen molar-refractivity contribution in [1.29, 1.82) is 0 Å². The van der Waals surface area contributed by atoms with Crippen LogP contribution in [0.1, 0.15) is 52.9 Å². The third-order valence-electron chi connectivity index (χ3n) is 5.91. The van der Waals surface area contributed by atoms with E-state index in [0.717, 1.165) is 32.5 Å². The number of hydrogen-bond acceptors (Lipinski definition) is 6. The second-order valence-corrected chi connectivity index (χ2v) is 9.02. The second-order valence-electron chi connectivity index (χ2n) is 9.02. The largest absolute Gasteiger partial charge is 0.347 e. The number of Topliss-reactive ketones (excluding diaryl/α,β-unsaturated/α-hetero) is 1. The van der Waals surface area contributed by atoms with Gasteiger partial charge in [-0.15, -0.1) is 0 Å². The highest BCUT2D eigenvalue weighted by molar-refractivity contribution is 5.91. The average Bonchev–Trinajstić information content (AvgIpc) is 2.68. The minimum absolute atomic E-state index is 0.00827. The topological polar surface area (TPSA) is 93.8 Å². The van der Waals surface area contributed by atoms with Crippen LogP contribution in [0.4, 0.5) is 0 Å². The van der Waals surface area contributed by atoms with E-state index >= 15 is 0 Å². The molecule has 2 amide bonds. The fourth-order valence-electron chi connectivity index (χ4n) is 3.98. The normalized spacial score (nSPS) is 17.7. The predicted molar refractivity (Wildman–Crippen MR) is 120 cm³/mol. The minimum Gasteiger partial charge on any atom is -0.347 e. The van der Waals surface area contributed by atoms with Gasteiger partial charge in [0, 0.05) is 6.04 Å². The van der Waals surface area contributed by atoms with E-state index in [1.165, 1.54) is 19.8 Å². The first-order valence-electron chi connectivity index (χ1n) is 11.3. The van der Waals surface area contributed by atoms with Gasteiger partial charge in [0.2, 0.25) is 11.8 Å². The van der Waals surface area contributed by atoms with E-state index in [9.17, 15) is 14.4 Å². The highest BCUT2D eigenvalue weighted by Crippen LogP contribution is 2.15. The van der Waals surface area contributed by atoms with E-state index in [4.69, 9.17) is 0 Å². The zero-order valence-electron chi connectivity index (χ0n) is 19.8. The molecule has 2 atom stereocenters. The molecule has 174 valence electrons. The summed E-state index contributed by atoms with van der Waals surface area (Å²) in [4.78, 5) is 41.2. The van der Waals surface area contributed by atoms with E-state index in [1.807, 2.05) is 13.8 Å². The molecule has 0 bridgehead atoms. The number of hydrogen-bond donors (Lipinski definition) is 3. The maximum atomic E-state index is 12.6. The summed E-state index contributed by atoms with van der Waals surface area (Å²) in [6.45, 7) is 8.59. The molecule has 8 heteroatoms. The Labute approximate surface area is 182 Å². The van der Waals surface area contributed by atoms with Gasteiger partial charge < -0.3 is 25.8 Å². The van der Waals surface area contributed by atoms with Crippen molar-refractivity contribution in [3.8, 4) is 0 Å². The van der Waals surface area contributed by atoms with Crippen molar-refractivity contribution in [2.24, 2.45) is 5.92 Å². The number of rotatable bonds is 13. The molecule has 0 spiro atoms. The van der Waals surface area contributed by atoms with Crippen LogP contribution in [0.5, 0.6) is 0 Å². The Balaban J connectivity index is 2.51. The molecule has 0 aromatic heterocycles. The molecule has 1 aliphatic rings. The first-order chi connectivity index (χ1) is 14.1. The van der Waals surface area contributed by atoms with Gasteiger partial charge in [0.15, 0.2) is 0 Å². The number of nitrogens with zero attached hydrogens (tertiary/aromatic N) is 2. The Morgan fingerprint density at radius 2 is 1.70 bits per heavy atom. The monoisotopic (exact) mass is 425 g/mol. The van der Waals surface area contributed by atoms with Crippen LogP contribution in [0.15, 0.2) is 0 Å². The Kier molecular flexibility index (Phi) is 12.1. The number of amides is 2. The number of nitrogens with one attached hydrogen (secondary N) is 3. The summed E-state index contributed by atoms with van der Waals surface area (Å²) >= 11 is 0. The summed E-state index contributed by atoms with van der Waals surface area (Å²) in [5.41, 5.74) is 0. The number of likely N-dealkylation sites (N-methyl/N-ethyl adjacent to an activating group) is 1. The average molecular weight is 426 g/mol. The second kappa shape index (κ2) is 13.7. The molecule has 0 radical (unpaired) electrons. The summed E-state index contributed by atoms with van der Waals surface area (Å²) in [6, 6.07) is -0.302. The summed E-state index contributed by atoms with van der Waals surface area (Å²) in [6.07, 6.45) is 4.79. The molecular formula is C22H43N5O3. The van der Waals surface area contributed by atoms with Gasteiger partial charge in [0.25, 0.3) is 0 Å². The number of likely N-dealkylation sites (tertiary alicyclic amines) is 1. The van der Waals surface area contributed by atoms with Crippen molar-refractivity contribution in [3.05, 3.63) is 0 Å². The van der Waals surface area contributed by atoms with E-state index in [2.05, 4.69) is 39.8 Å². The molecule has 8 nitrogen and oxygen atoms in total. The van der Waals surface area contributed by atoms with Crippen LogP contribution in [0.2, 0.25) is 0 Å². The lowest BCUT2D eigenvalue weighted by Gasteiger charge is -2.35. The van der Waals surface area contributed by atoms with Crippen molar-refractivity contribution in [1.82, 2.24) is 25.8 Å². The zero-order chi connectivity index (χ0) is 22.7. The predicted octanol–water partition coefficient (Wildman–Crippen LogP) is 0.617. The number of unbranched alkanes of at least 4 members (excludes halogenated alkanes) is 1. The lowest BCUT2D eigenvalue weighted by atomic mass is 10.0. The molecule has 1 rings (SSSR count). The Bertz CT molecular complexity index is 545. The standard InChI is InChI=1S/C22H43N5O3/c1-16(2)20(23-4)22(30)25-19(21(29)24-15-17(3)28)9-7-8-12-27-13-10-18(11-14-27)26(5)6/h16,18-20,23H,7-15H2,1-6H3,(H,24,29)(H,25,30)/t19-,20-/m0/s1. The van der Waals surface area contributed by atoms with Gasteiger partial charge in [-0.1, -0.05) is 13.8 Å². The van der Waals surface area contributed by atoms with Crippen molar-refractivity contribution < 1.29 is 14.4 Å². The van der Waals surface area contributed by atoms with Gasteiger partial charge in [-0.3, -0.25) is 14.4 Å². The molecule has 0 aromatic rings. The lowest BCUT2D eigenvalue weighted by Crippen LogP contribution is -2.54. The van der Waals surface area contributed by atoms with Crippen molar-refractivity contribution in [3.63, 3.8) is 0 Å². The molecule has 30 heavy (non-hydrogen) atoms. The highest BCUT2D eigenvalue weighted by Gasteiger charge is 2.26. The smallest absolute Gasteiger partial charge is 0.242 e. The maximum Gasteiger partial charge on any atom is 0.242 e. The molecule has 0 unspecified atom stereocenters. The van der Waals surface area contributed by atoms with E-state index in [0.29, 0.717) is 12.5 Å². The minimum atomic E-state index is -0.620. The third-order valence-corrected chi connectivity index (χ3v) is 5.91. The summed E-state index contributed by atoms with van der Waals surface area (Å²) in [5, 5.41) is 8.54. The summed E-state index contributed by atoms with van der Waals surface area (Å²) in [5.74, 6) is -0.462. The molecule has 0 aliphatic carbocycles. The highest BCUT2D eigenvalue weighted by atomic mass is 16.2. The Morgan fingerprint density at radius 1 is 1.07 bits per heavy atom. The molecule has 0 aromatic carbocycles. The number of ketones is 1. The van der Waals surface area contributed by atoms with Gasteiger partial charge >= 0.3 is 0 Å². The number of carbonyl (C=O) groups excluding carboxylic acids is 3. The van der Waals surface area contributed by atoms with Gasteiger partial charge in [-0.25, -0.2) is 0 Å². The molecule has 0 saturated carbocycles. The third kappa shape index (κ3) is 9.53. The van der Waals surface area contributed by atoms with Crippen molar-refractivity contribution in [2.75, 3.05) is 47.3 Å². The van der Waals surface area contributed by atoms with Gasteiger partial charge in [0.1, 0.15) is 11.8 Å². The summed E-state index contributed by atoms with van der Waals surface area (Å²) < 4.78 is 0. The SMILES string of the molecule is CN[C@H](C(=O)N[C@@H](CCCCN1CCC(N(C)C)CC1)C(=O)NCC(C)=O)C(C)C. The van der Waals surface area contributed by atoms with Crippen LogP contribution in [0.3, 0.4) is 0 Å². The van der Waals surface area contributed by atoms with Crippen LogP contribution in [-0.4, -0.2) is 92.8 Å². The zero-order valence-corrected chi connectivity index (χ0v) is 19.8. The molecule has 1 saturated heterocycles. The van der Waals surface area contributed by atoms with Gasteiger partial charge in [0.05, 0.1) is 12.6 Å². The van der Waals surface area contributed by atoms with E-state index < -0.39 is 6.04 Å². The maximum absolute atomic E-state index is 12.6. The number of piperidine rings is 1. The van der Waals surface area contributed by atoms with Crippen molar-refractivity contribution >= 4 is 17.6 Å². The fraction of sp³-hybridized carbons (Fsp3) is 0.864.